The molecule has 1 aliphatic heterocycles. The lowest BCUT2D eigenvalue weighted by atomic mass is 9.91. The number of amides is 3. The van der Waals surface area contributed by atoms with Crippen LogP contribution in [0.3, 0.4) is 0 Å². The molecule has 3 rings (SSSR count). The molecule has 5 nitrogen and oxygen atoms in total. The molecule has 1 N–H and O–H groups in total. The van der Waals surface area contributed by atoms with Crippen LogP contribution in [-0.4, -0.2) is 40.6 Å². The van der Waals surface area contributed by atoms with E-state index in [9.17, 15) is 14.7 Å². The fraction of sp³-hybridized carbons (Fsp3) is 0.263. The highest BCUT2D eigenvalue weighted by atomic mass is 79.9. The average molecular weight is 472 g/mol. The number of imide groups is 1. The van der Waals surface area contributed by atoms with Gasteiger partial charge in [-0.15, -0.1) is 0 Å². The number of carbonyl (C=O) groups is 2. The third kappa shape index (κ3) is 3.85. The number of aliphatic hydroxyl groups excluding tert-OH is 1. The van der Waals surface area contributed by atoms with Crippen LogP contribution in [0.4, 0.5) is 10.5 Å². The van der Waals surface area contributed by atoms with Gasteiger partial charge < -0.3 is 10.0 Å². The Morgan fingerprint density at radius 2 is 1.67 bits per heavy atom. The molecule has 1 atom stereocenters. The van der Waals surface area contributed by atoms with Crippen LogP contribution in [0.25, 0.3) is 0 Å². The molecule has 1 heterocycles. The molecule has 1 fully saturated rings. The van der Waals surface area contributed by atoms with Crippen LogP contribution in [0.1, 0.15) is 12.5 Å². The summed E-state index contributed by atoms with van der Waals surface area (Å²) >= 11 is 15.5. The van der Waals surface area contributed by atoms with Gasteiger partial charge in [0.15, 0.2) is 0 Å². The molecular weight excluding hydrogens is 455 g/mol. The maximum absolute atomic E-state index is 13.3. The quantitative estimate of drug-likeness (QED) is 0.652. The highest BCUT2D eigenvalue weighted by molar-refractivity contribution is 9.10. The summed E-state index contributed by atoms with van der Waals surface area (Å²) in [5, 5.41) is 10.1. The maximum Gasteiger partial charge on any atom is 0.332 e. The molecule has 1 saturated heterocycles. The summed E-state index contributed by atoms with van der Waals surface area (Å²) in [5.41, 5.74) is 0.0725. The molecule has 27 heavy (non-hydrogen) atoms. The fourth-order valence-electron chi connectivity index (χ4n) is 3.28. The summed E-state index contributed by atoms with van der Waals surface area (Å²) in [4.78, 5) is 28.8. The van der Waals surface area contributed by atoms with E-state index in [-0.39, 0.29) is 19.1 Å². The number of halogens is 3. The van der Waals surface area contributed by atoms with E-state index >= 15 is 0 Å². The smallest absolute Gasteiger partial charge is 0.332 e. The van der Waals surface area contributed by atoms with E-state index < -0.39 is 11.6 Å². The van der Waals surface area contributed by atoms with Crippen molar-refractivity contribution in [2.24, 2.45) is 0 Å². The first-order chi connectivity index (χ1) is 12.8. The van der Waals surface area contributed by atoms with Gasteiger partial charge in [0.25, 0.3) is 5.91 Å². The zero-order valence-electron chi connectivity index (χ0n) is 14.5. The van der Waals surface area contributed by atoms with Crippen LogP contribution in [0.15, 0.2) is 46.9 Å². The van der Waals surface area contributed by atoms with Crippen molar-refractivity contribution >= 4 is 56.8 Å². The van der Waals surface area contributed by atoms with Crippen molar-refractivity contribution in [2.75, 3.05) is 18.1 Å². The number of nitrogens with zero attached hydrogens (tertiary/aromatic N) is 2. The largest absolute Gasteiger partial charge is 0.395 e. The summed E-state index contributed by atoms with van der Waals surface area (Å²) in [6.07, 6.45) is 0.315. The van der Waals surface area contributed by atoms with Crippen molar-refractivity contribution in [2.45, 2.75) is 18.9 Å². The minimum atomic E-state index is -1.14. The van der Waals surface area contributed by atoms with E-state index in [0.29, 0.717) is 22.2 Å². The second kappa shape index (κ2) is 7.80. The van der Waals surface area contributed by atoms with E-state index in [1.54, 1.807) is 6.92 Å². The molecule has 0 spiro atoms. The van der Waals surface area contributed by atoms with Crippen molar-refractivity contribution < 1.29 is 14.7 Å². The molecule has 8 heteroatoms. The lowest BCUT2D eigenvalue weighted by molar-refractivity contribution is -0.124. The van der Waals surface area contributed by atoms with E-state index in [2.05, 4.69) is 15.9 Å². The van der Waals surface area contributed by atoms with Gasteiger partial charge >= 0.3 is 6.03 Å². The first-order valence-corrected chi connectivity index (χ1v) is 9.79. The third-order valence-corrected chi connectivity index (χ3v) is 5.54. The highest BCUT2D eigenvalue weighted by Crippen LogP contribution is 2.36. The molecule has 0 aromatic heterocycles. The zero-order chi connectivity index (χ0) is 19.8. The zero-order valence-corrected chi connectivity index (χ0v) is 17.6. The van der Waals surface area contributed by atoms with Gasteiger partial charge in [-0.25, -0.2) is 9.69 Å². The summed E-state index contributed by atoms with van der Waals surface area (Å²) in [6.45, 7) is 1.50. The van der Waals surface area contributed by atoms with Gasteiger partial charge in [0.1, 0.15) is 5.54 Å². The van der Waals surface area contributed by atoms with Gasteiger partial charge in [-0.2, -0.15) is 0 Å². The summed E-state index contributed by atoms with van der Waals surface area (Å²) < 4.78 is 0.924. The first-order valence-electron chi connectivity index (χ1n) is 8.24. The number of benzene rings is 2. The second-order valence-corrected chi connectivity index (χ2v) is 8.29. The van der Waals surface area contributed by atoms with Crippen molar-refractivity contribution in [3.8, 4) is 0 Å². The Bertz CT molecular complexity index is 871. The molecular formula is C19H17BrCl2N2O3. The molecule has 0 aliphatic carbocycles. The number of hydrogen-bond acceptors (Lipinski definition) is 3. The van der Waals surface area contributed by atoms with Crippen LogP contribution < -0.4 is 4.90 Å². The fourth-order valence-corrected chi connectivity index (χ4v) is 4.06. The predicted octanol–water partition coefficient (Wildman–Crippen LogP) is 4.52. The molecule has 1 aliphatic rings. The Morgan fingerprint density at radius 1 is 1.07 bits per heavy atom. The second-order valence-electron chi connectivity index (χ2n) is 6.50. The number of urea groups is 1. The normalized spacial score (nSPS) is 19.9. The molecule has 2 aromatic carbocycles. The SMILES string of the molecule is C[C@@]1(Cc2ccc(Br)cc2)C(=O)N(c2cc(Cl)cc(Cl)c2)C(=O)N1CCO. The minimum absolute atomic E-state index is 0.0440. The number of hydrogen-bond donors (Lipinski definition) is 1. The number of β-amino-alcohol motifs (C(OH)–C–C–N with tert-alkyl or cyclic N) is 1. The van der Waals surface area contributed by atoms with Gasteiger partial charge in [0.2, 0.25) is 0 Å². The van der Waals surface area contributed by atoms with Crippen LogP contribution >= 0.6 is 39.1 Å². The van der Waals surface area contributed by atoms with Crippen molar-refractivity contribution in [3.63, 3.8) is 0 Å². The van der Waals surface area contributed by atoms with Gasteiger partial charge in [0, 0.05) is 27.5 Å². The topological polar surface area (TPSA) is 60.9 Å². The summed E-state index contributed by atoms with van der Waals surface area (Å²) in [6, 6.07) is 11.6. The van der Waals surface area contributed by atoms with Gasteiger partial charge in [-0.05, 0) is 42.8 Å². The highest BCUT2D eigenvalue weighted by Gasteiger charge is 2.54. The molecule has 0 saturated carbocycles. The molecule has 0 bridgehead atoms. The predicted molar refractivity (Wildman–Crippen MR) is 109 cm³/mol. The Balaban J connectivity index is 2.02. The van der Waals surface area contributed by atoms with Crippen molar-refractivity contribution in [3.05, 3.63) is 62.5 Å². The molecule has 142 valence electrons. The number of rotatable bonds is 5. The minimum Gasteiger partial charge on any atom is -0.395 e. The lowest BCUT2D eigenvalue weighted by Gasteiger charge is -2.31. The molecule has 3 amide bonds. The molecule has 2 aromatic rings. The van der Waals surface area contributed by atoms with E-state index in [1.165, 1.54) is 23.1 Å². The third-order valence-electron chi connectivity index (χ3n) is 4.57. The van der Waals surface area contributed by atoms with Crippen molar-refractivity contribution in [1.29, 1.82) is 0 Å². The van der Waals surface area contributed by atoms with E-state index in [1.807, 2.05) is 24.3 Å². The van der Waals surface area contributed by atoms with Crippen LogP contribution in [0.2, 0.25) is 10.0 Å². The van der Waals surface area contributed by atoms with Crippen molar-refractivity contribution in [1.82, 2.24) is 4.90 Å². The molecule has 0 radical (unpaired) electrons. The standard InChI is InChI=1S/C19H17BrCl2N2O3/c1-19(11-12-2-4-13(20)5-3-12)17(26)24(18(27)23(19)6-7-25)16-9-14(21)8-15(22)10-16/h2-5,8-10,25H,6-7,11H2,1H3/t19-/m1/s1. The average Bonchev–Trinajstić information content (AvgIpc) is 2.77. The van der Waals surface area contributed by atoms with E-state index in [0.717, 1.165) is 14.9 Å². The van der Waals surface area contributed by atoms with Gasteiger partial charge in [-0.1, -0.05) is 51.3 Å². The first kappa shape index (κ1) is 20.1. The van der Waals surface area contributed by atoms with E-state index in [4.69, 9.17) is 23.2 Å². The molecule has 0 unspecified atom stereocenters. The Labute approximate surface area is 175 Å². The monoisotopic (exact) mass is 470 g/mol. The number of anilines is 1. The van der Waals surface area contributed by atoms with Crippen LogP contribution in [0, 0.1) is 0 Å². The maximum atomic E-state index is 13.3. The summed E-state index contributed by atoms with van der Waals surface area (Å²) in [5.74, 6) is -0.387. The Kier molecular flexibility index (Phi) is 5.82. The number of aliphatic hydroxyl groups is 1. The van der Waals surface area contributed by atoms with Crippen LogP contribution in [-0.2, 0) is 11.2 Å². The summed E-state index contributed by atoms with van der Waals surface area (Å²) in [7, 11) is 0. The Hall–Kier alpha value is -1.60. The van der Waals surface area contributed by atoms with Gasteiger partial charge in [0.05, 0.1) is 12.3 Å². The lowest BCUT2D eigenvalue weighted by Crippen LogP contribution is -2.49. The van der Waals surface area contributed by atoms with Gasteiger partial charge in [-0.3, -0.25) is 4.79 Å². The Morgan fingerprint density at radius 3 is 2.22 bits per heavy atom. The van der Waals surface area contributed by atoms with Crippen LogP contribution in [0.5, 0.6) is 0 Å². The number of carbonyl (C=O) groups excluding carboxylic acids is 2.